The van der Waals surface area contributed by atoms with Crippen LogP contribution < -0.4 is 0 Å². The van der Waals surface area contributed by atoms with Crippen molar-refractivity contribution in [2.45, 2.75) is 12.6 Å². The van der Waals surface area contributed by atoms with E-state index in [-0.39, 0.29) is 11.9 Å². The van der Waals surface area contributed by atoms with Crippen LogP contribution >= 0.6 is 0 Å². The summed E-state index contributed by atoms with van der Waals surface area (Å²) in [7, 11) is 2.11. The fourth-order valence-electron chi connectivity index (χ4n) is 4.54. The summed E-state index contributed by atoms with van der Waals surface area (Å²) in [5.74, 6) is 0.0138. The highest BCUT2D eigenvalue weighted by Gasteiger charge is 2.29. The van der Waals surface area contributed by atoms with Gasteiger partial charge in [0.05, 0.1) is 12.6 Å². The second kappa shape index (κ2) is 10.5. The van der Waals surface area contributed by atoms with Crippen LogP contribution in [0.2, 0.25) is 0 Å². The molecule has 1 aliphatic rings. The Balaban J connectivity index is 1.42. The third kappa shape index (κ3) is 5.39. The van der Waals surface area contributed by atoms with Crippen molar-refractivity contribution in [1.29, 1.82) is 0 Å². The number of nitrogens with zero attached hydrogens (tertiary/aromatic N) is 5. The molecule has 0 radical (unpaired) electrons. The van der Waals surface area contributed by atoms with E-state index in [2.05, 4.69) is 41.2 Å². The van der Waals surface area contributed by atoms with Gasteiger partial charge in [-0.15, -0.1) is 0 Å². The van der Waals surface area contributed by atoms with Crippen molar-refractivity contribution in [1.82, 2.24) is 24.6 Å². The van der Waals surface area contributed by atoms with Crippen molar-refractivity contribution in [3.05, 3.63) is 114 Å². The summed E-state index contributed by atoms with van der Waals surface area (Å²) in [6, 6.07) is 24.4. The predicted octanol–water partition coefficient (Wildman–Crippen LogP) is 4.52. The van der Waals surface area contributed by atoms with Gasteiger partial charge in [-0.2, -0.15) is 5.10 Å². The molecule has 3 heterocycles. The maximum Gasteiger partial charge on any atom is 0.247 e. The highest BCUT2D eigenvalue weighted by Crippen LogP contribution is 2.26. The van der Waals surface area contributed by atoms with Crippen LogP contribution in [0.25, 0.3) is 17.3 Å². The van der Waals surface area contributed by atoms with Crippen molar-refractivity contribution < 1.29 is 4.79 Å². The molecule has 6 nitrogen and oxygen atoms in total. The standard InChI is InChI=1S/C29H29N5O/c1-32-17-18-34(27(22-32)24-11-6-3-7-12-24)28(35)15-14-26-21-33(20-23-9-4-2-5-10-23)31-29(26)25-13-8-16-30-19-25/h2-16,19,21,27H,17-18,20,22H2,1H3. The molecule has 35 heavy (non-hydrogen) atoms. The number of hydrogen-bond acceptors (Lipinski definition) is 4. The van der Waals surface area contributed by atoms with Crippen LogP contribution in [0.1, 0.15) is 22.7 Å². The second-order valence-corrected chi connectivity index (χ2v) is 8.91. The maximum atomic E-state index is 13.4. The topological polar surface area (TPSA) is 54.3 Å². The van der Waals surface area contributed by atoms with E-state index in [4.69, 9.17) is 5.10 Å². The van der Waals surface area contributed by atoms with Crippen molar-refractivity contribution in [3.8, 4) is 11.3 Å². The molecule has 1 fully saturated rings. The molecule has 2 aromatic heterocycles. The molecular formula is C29H29N5O. The minimum atomic E-state index is 0.0138. The second-order valence-electron chi connectivity index (χ2n) is 8.91. The first kappa shape index (κ1) is 22.7. The van der Waals surface area contributed by atoms with Crippen molar-refractivity contribution in [3.63, 3.8) is 0 Å². The van der Waals surface area contributed by atoms with E-state index in [0.29, 0.717) is 13.1 Å². The number of amides is 1. The van der Waals surface area contributed by atoms with Crippen LogP contribution in [-0.2, 0) is 11.3 Å². The van der Waals surface area contributed by atoms with Gasteiger partial charge in [0.2, 0.25) is 5.91 Å². The number of carbonyl (C=O) groups is 1. The minimum absolute atomic E-state index is 0.0138. The lowest BCUT2D eigenvalue weighted by molar-refractivity contribution is -0.130. The number of benzene rings is 2. The van der Waals surface area contributed by atoms with Gasteiger partial charge in [0.25, 0.3) is 0 Å². The zero-order valence-electron chi connectivity index (χ0n) is 19.9. The first-order valence-electron chi connectivity index (χ1n) is 11.9. The first-order chi connectivity index (χ1) is 17.2. The number of hydrogen-bond donors (Lipinski definition) is 0. The molecule has 1 saturated heterocycles. The fourth-order valence-corrected chi connectivity index (χ4v) is 4.54. The molecule has 1 amide bonds. The number of pyridine rings is 1. The van der Waals surface area contributed by atoms with Crippen molar-refractivity contribution >= 4 is 12.0 Å². The number of aromatic nitrogens is 3. The summed E-state index contributed by atoms with van der Waals surface area (Å²) in [6.07, 6.45) is 9.13. The van der Waals surface area contributed by atoms with Crippen molar-refractivity contribution in [2.24, 2.45) is 0 Å². The normalized spacial score (nSPS) is 16.6. The molecule has 5 rings (SSSR count). The van der Waals surface area contributed by atoms with Gasteiger partial charge in [-0.1, -0.05) is 60.7 Å². The predicted molar refractivity (Wildman–Crippen MR) is 138 cm³/mol. The van der Waals surface area contributed by atoms with Crippen LogP contribution in [0.15, 0.2) is 97.5 Å². The third-order valence-electron chi connectivity index (χ3n) is 6.37. The van der Waals surface area contributed by atoms with E-state index >= 15 is 0 Å². The molecule has 2 aromatic carbocycles. The molecule has 1 atom stereocenters. The lowest BCUT2D eigenvalue weighted by Crippen LogP contribution is -2.48. The van der Waals surface area contributed by atoms with Gasteiger partial charge in [0.1, 0.15) is 5.69 Å². The van der Waals surface area contributed by atoms with E-state index in [9.17, 15) is 4.79 Å². The Morgan fingerprint density at radius 1 is 1.00 bits per heavy atom. The average Bonchev–Trinajstić information content (AvgIpc) is 3.31. The minimum Gasteiger partial charge on any atom is -0.330 e. The highest BCUT2D eigenvalue weighted by molar-refractivity contribution is 5.93. The van der Waals surface area contributed by atoms with Crippen LogP contribution in [0.4, 0.5) is 0 Å². The van der Waals surface area contributed by atoms with E-state index in [1.807, 2.05) is 70.4 Å². The molecule has 1 aliphatic heterocycles. The Bertz CT molecular complexity index is 1280. The Morgan fingerprint density at radius 2 is 1.77 bits per heavy atom. The Hall–Kier alpha value is -4.03. The van der Waals surface area contributed by atoms with Crippen molar-refractivity contribution in [2.75, 3.05) is 26.7 Å². The monoisotopic (exact) mass is 463 g/mol. The van der Waals surface area contributed by atoms with Crippen LogP contribution in [0.5, 0.6) is 0 Å². The Labute approximate surface area is 206 Å². The summed E-state index contributed by atoms with van der Waals surface area (Å²) in [6.45, 7) is 3.03. The number of carbonyl (C=O) groups excluding carboxylic acids is 1. The summed E-state index contributed by atoms with van der Waals surface area (Å²) < 4.78 is 1.92. The summed E-state index contributed by atoms with van der Waals surface area (Å²) in [4.78, 5) is 21.9. The van der Waals surface area contributed by atoms with Crippen LogP contribution in [0, 0.1) is 0 Å². The van der Waals surface area contributed by atoms with Gasteiger partial charge < -0.3 is 9.80 Å². The number of likely N-dealkylation sites (N-methyl/N-ethyl adjacent to an activating group) is 1. The van der Waals surface area contributed by atoms with E-state index in [0.717, 1.165) is 35.5 Å². The van der Waals surface area contributed by atoms with E-state index < -0.39 is 0 Å². The van der Waals surface area contributed by atoms with E-state index in [1.54, 1.807) is 18.5 Å². The summed E-state index contributed by atoms with van der Waals surface area (Å²) in [5.41, 5.74) is 4.96. The number of piperazine rings is 1. The first-order valence-corrected chi connectivity index (χ1v) is 11.9. The quantitative estimate of drug-likeness (QED) is 0.395. The SMILES string of the molecule is CN1CCN(C(=O)C=Cc2cn(Cc3ccccc3)nc2-c2cccnc2)C(c2ccccc2)C1. The molecule has 6 heteroatoms. The molecule has 0 saturated carbocycles. The van der Waals surface area contributed by atoms with Gasteiger partial charge in [0, 0.05) is 55.4 Å². The molecule has 0 bridgehead atoms. The molecule has 0 aliphatic carbocycles. The Morgan fingerprint density at radius 3 is 2.51 bits per heavy atom. The zero-order chi connectivity index (χ0) is 24.0. The van der Waals surface area contributed by atoms with Gasteiger partial charge in [-0.25, -0.2) is 0 Å². The summed E-state index contributed by atoms with van der Waals surface area (Å²) in [5, 5.41) is 4.83. The van der Waals surface area contributed by atoms with Gasteiger partial charge >= 0.3 is 0 Å². The van der Waals surface area contributed by atoms with Crippen LogP contribution in [0.3, 0.4) is 0 Å². The average molecular weight is 464 g/mol. The summed E-state index contributed by atoms with van der Waals surface area (Å²) >= 11 is 0. The molecular weight excluding hydrogens is 434 g/mol. The Kier molecular flexibility index (Phi) is 6.82. The molecule has 0 N–H and O–H groups in total. The molecule has 176 valence electrons. The zero-order valence-corrected chi connectivity index (χ0v) is 19.9. The molecule has 1 unspecified atom stereocenters. The van der Waals surface area contributed by atoms with E-state index in [1.165, 1.54) is 5.56 Å². The lowest BCUT2D eigenvalue weighted by Gasteiger charge is -2.39. The van der Waals surface area contributed by atoms with Gasteiger partial charge in [-0.3, -0.25) is 14.5 Å². The number of rotatable bonds is 6. The largest absolute Gasteiger partial charge is 0.330 e. The van der Waals surface area contributed by atoms with Gasteiger partial charge in [-0.05, 0) is 36.4 Å². The van der Waals surface area contributed by atoms with Gasteiger partial charge in [0.15, 0.2) is 0 Å². The highest BCUT2D eigenvalue weighted by atomic mass is 16.2. The maximum absolute atomic E-state index is 13.4. The molecule has 0 spiro atoms. The third-order valence-corrected chi connectivity index (χ3v) is 6.37. The smallest absolute Gasteiger partial charge is 0.247 e. The van der Waals surface area contributed by atoms with Crippen LogP contribution in [-0.4, -0.2) is 57.2 Å². The molecule has 4 aromatic rings. The fraction of sp³-hybridized carbons (Fsp3) is 0.207. The lowest BCUT2D eigenvalue weighted by atomic mass is 10.0.